The van der Waals surface area contributed by atoms with Gasteiger partial charge in [-0.2, -0.15) is 0 Å². The molecule has 0 aromatic heterocycles. The lowest BCUT2D eigenvalue weighted by molar-refractivity contribution is -0.121. The molecular formula is C22H43N5O7. The van der Waals surface area contributed by atoms with E-state index in [1.54, 1.807) is 41.5 Å². The van der Waals surface area contributed by atoms with Gasteiger partial charge >= 0.3 is 18.3 Å². The van der Waals surface area contributed by atoms with Crippen LogP contribution in [-0.4, -0.2) is 72.2 Å². The van der Waals surface area contributed by atoms with Gasteiger partial charge in [0, 0.05) is 31.6 Å². The van der Waals surface area contributed by atoms with Crippen LogP contribution < -0.4 is 27.0 Å². The van der Waals surface area contributed by atoms with Gasteiger partial charge in [-0.1, -0.05) is 0 Å². The van der Waals surface area contributed by atoms with E-state index in [0.717, 1.165) is 0 Å². The molecule has 0 fully saturated rings. The molecule has 0 spiro atoms. The SMILES string of the molecule is CC(C)(C)OC(=O)NCCC[C@H](CNC(=O)C[C@H](CCCN)NC(=O)O)NC(=O)OC(C)(C)C. The lowest BCUT2D eigenvalue weighted by atomic mass is 10.1. The quantitative estimate of drug-likeness (QED) is 0.213. The lowest BCUT2D eigenvalue weighted by Gasteiger charge is -2.24. The summed E-state index contributed by atoms with van der Waals surface area (Å²) in [5.41, 5.74) is 4.18. The number of alkyl carbamates (subject to hydrolysis) is 2. The highest BCUT2D eigenvalue weighted by atomic mass is 16.6. The summed E-state index contributed by atoms with van der Waals surface area (Å²) in [5.74, 6) is -0.362. The summed E-state index contributed by atoms with van der Waals surface area (Å²) in [6.07, 6.45) is -0.457. The Hall–Kier alpha value is -2.76. The number of ether oxygens (including phenoxy) is 2. The molecular weight excluding hydrogens is 446 g/mol. The lowest BCUT2D eigenvalue weighted by Crippen LogP contribution is -2.47. The van der Waals surface area contributed by atoms with Gasteiger partial charge in [-0.05, 0) is 73.8 Å². The van der Waals surface area contributed by atoms with E-state index in [1.807, 2.05) is 0 Å². The highest BCUT2D eigenvalue weighted by Gasteiger charge is 2.21. The van der Waals surface area contributed by atoms with Gasteiger partial charge in [-0.25, -0.2) is 14.4 Å². The molecule has 0 aliphatic heterocycles. The molecule has 12 heteroatoms. The van der Waals surface area contributed by atoms with Crippen LogP contribution in [0.25, 0.3) is 0 Å². The van der Waals surface area contributed by atoms with Crippen molar-refractivity contribution < 1.29 is 33.8 Å². The maximum absolute atomic E-state index is 12.4. The Morgan fingerprint density at radius 3 is 1.91 bits per heavy atom. The second-order valence-corrected chi connectivity index (χ2v) is 10.00. The fraction of sp³-hybridized carbons (Fsp3) is 0.818. The van der Waals surface area contributed by atoms with Crippen LogP contribution in [0, 0.1) is 0 Å². The Morgan fingerprint density at radius 2 is 1.38 bits per heavy atom. The third-order valence-electron chi connectivity index (χ3n) is 4.18. The fourth-order valence-corrected chi connectivity index (χ4v) is 2.85. The van der Waals surface area contributed by atoms with E-state index in [9.17, 15) is 19.2 Å². The van der Waals surface area contributed by atoms with Crippen LogP contribution in [0.2, 0.25) is 0 Å². The van der Waals surface area contributed by atoms with Crippen LogP contribution in [0.4, 0.5) is 14.4 Å². The average molecular weight is 490 g/mol. The van der Waals surface area contributed by atoms with Gasteiger partial charge < -0.3 is 41.6 Å². The molecule has 0 saturated heterocycles. The highest BCUT2D eigenvalue weighted by molar-refractivity contribution is 5.77. The van der Waals surface area contributed by atoms with Crippen molar-refractivity contribution in [2.24, 2.45) is 5.73 Å². The summed E-state index contributed by atoms with van der Waals surface area (Å²) >= 11 is 0. The van der Waals surface area contributed by atoms with Crippen molar-refractivity contribution in [3.05, 3.63) is 0 Å². The normalized spacial score (nSPS) is 13.3. The molecule has 0 radical (unpaired) electrons. The monoisotopic (exact) mass is 489 g/mol. The van der Waals surface area contributed by atoms with E-state index in [0.29, 0.717) is 38.8 Å². The Kier molecular flexibility index (Phi) is 14.0. The molecule has 198 valence electrons. The number of hydrogen-bond donors (Lipinski definition) is 6. The van der Waals surface area contributed by atoms with Crippen LogP contribution >= 0.6 is 0 Å². The molecule has 0 rings (SSSR count). The molecule has 0 aromatic carbocycles. The van der Waals surface area contributed by atoms with Crippen molar-refractivity contribution in [1.82, 2.24) is 21.3 Å². The molecule has 0 heterocycles. The number of nitrogens with one attached hydrogen (secondary N) is 4. The van der Waals surface area contributed by atoms with Gasteiger partial charge in [-0.15, -0.1) is 0 Å². The van der Waals surface area contributed by atoms with Crippen LogP contribution in [0.1, 0.15) is 73.6 Å². The molecule has 7 N–H and O–H groups in total. The Labute approximate surface area is 202 Å². The predicted octanol–water partition coefficient (Wildman–Crippen LogP) is 2.07. The zero-order valence-corrected chi connectivity index (χ0v) is 21.3. The summed E-state index contributed by atoms with van der Waals surface area (Å²) < 4.78 is 10.5. The molecule has 0 aliphatic carbocycles. The average Bonchev–Trinajstić information content (AvgIpc) is 2.64. The Balaban J connectivity index is 4.82. The molecule has 0 aliphatic rings. The second kappa shape index (κ2) is 15.2. The molecule has 12 nitrogen and oxygen atoms in total. The molecule has 0 aromatic rings. The second-order valence-electron chi connectivity index (χ2n) is 10.00. The largest absolute Gasteiger partial charge is 0.465 e. The van der Waals surface area contributed by atoms with Crippen molar-refractivity contribution in [3.63, 3.8) is 0 Å². The number of carbonyl (C=O) groups excluding carboxylic acids is 3. The van der Waals surface area contributed by atoms with Gasteiger partial charge in [0.05, 0.1) is 0 Å². The number of amides is 4. The smallest absolute Gasteiger partial charge is 0.407 e. The van der Waals surface area contributed by atoms with Gasteiger partial charge in [0.1, 0.15) is 11.2 Å². The molecule has 0 saturated carbocycles. The molecule has 34 heavy (non-hydrogen) atoms. The van der Waals surface area contributed by atoms with Crippen molar-refractivity contribution in [2.45, 2.75) is 96.9 Å². The molecule has 2 atom stereocenters. The van der Waals surface area contributed by atoms with E-state index in [-0.39, 0.29) is 18.9 Å². The van der Waals surface area contributed by atoms with Crippen LogP contribution in [0.15, 0.2) is 0 Å². The van der Waals surface area contributed by atoms with Crippen molar-refractivity contribution in [2.75, 3.05) is 19.6 Å². The van der Waals surface area contributed by atoms with Crippen LogP contribution in [-0.2, 0) is 14.3 Å². The number of nitrogens with two attached hydrogens (primary N) is 1. The first kappa shape index (κ1) is 31.2. The van der Waals surface area contributed by atoms with E-state index in [1.165, 1.54) is 0 Å². The molecule has 0 unspecified atom stereocenters. The zero-order valence-electron chi connectivity index (χ0n) is 21.3. The number of carboxylic acid groups (broad SMARTS) is 1. The van der Waals surface area contributed by atoms with Crippen molar-refractivity contribution in [1.29, 1.82) is 0 Å². The van der Waals surface area contributed by atoms with E-state index < -0.39 is 41.6 Å². The Bertz CT molecular complexity index is 659. The highest BCUT2D eigenvalue weighted by Crippen LogP contribution is 2.09. The first-order chi connectivity index (χ1) is 15.6. The molecule has 0 bridgehead atoms. The van der Waals surface area contributed by atoms with Crippen molar-refractivity contribution >= 4 is 24.2 Å². The van der Waals surface area contributed by atoms with Gasteiger partial charge in [-0.3, -0.25) is 4.79 Å². The van der Waals surface area contributed by atoms with Crippen molar-refractivity contribution in [3.8, 4) is 0 Å². The van der Waals surface area contributed by atoms with Gasteiger partial charge in [0.25, 0.3) is 0 Å². The zero-order chi connectivity index (χ0) is 26.4. The van der Waals surface area contributed by atoms with Gasteiger partial charge in [0.2, 0.25) is 5.91 Å². The third-order valence-corrected chi connectivity index (χ3v) is 4.18. The predicted molar refractivity (Wildman–Crippen MR) is 127 cm³/mol. The Morgan fingerprint density at radius 1 is 0.824 bits per heavy atom. The van der Waals surface area contributed by atoms with Gasteiger partial charge in [0.15, 0.2) is 0 Å². The minimum absolute atomic E-state index is 0.0499. The molecule has 4 amide bonds. The first-order valence-corrected chi connectivity index (χ1v) is 11.5. The summed E-state index contributed by atoms with van der Waals surface area (Å²) in [5, 5.41) is 19.4. The summed E-state index contributed by atoms with van der Waals surface area (Å²) in [6, 6.07) is -1.02. The third kappa shape index (κ3) is 18.8. The number of rotatable bonds is 13. The van der Waals surface area contributed by atoms with Crippen LogP contribution in [0.5, 0.6) is 0 Å². The maximum Gasteiger partial charge on any atom is 0.407 e. The summed E-state index contributed by atoms with van der Waals surface area (Å²) in [4.78, 5) is 47.3. The number of carbonyl (C=O) groups is 4. The summed E-state index contributed by atoms with van der Waals surface area (Å²) in [7, 11) is 0. The topological polar surface area (TPSA) is 181 Å². The summed E-state index contributed by atoms with van der Waals surface area (Å²) in [6.45, 7) is 11.3. The van der Waals surface area contributed by atoms with Crippen LogP contribution in [0.3, 0.4) is 0 Å². The van der Waals surface area contributed by atoms with E-state index >= 15 is 0 Å². The fourth-order valence-electron chi connectivity index (χ4n) is 2.85. The minimum atomic E-state index is -1.21. The number of hydrogen-bond acceptors (Lipinski definition) is 7. The van der Waals surface area contributed by atoms with E-state index in [2.05, 4.69) is 21.3 Å². The van der Waals surface area contributed by atoms with E-state index in [4.69, 9.17) is 20.3 Å². The maximum atomic E-state index is 12.4. The first-order valence-electron chi connectivity index (χ1n) is 11.5. The standard InChI is InChI=1S/C22H43N5O7/c1-21(2,3)33-19(31)24-12-8-10-16(27-20(32)34-22(4,5)6)14-25-17(28)13-15(9-7-11-23)26-18(29)30/h15-16,26H,7-14,23H2,1-6H3,(H,24,31)(H,25,28)(H,27,32)(H,29,30)/t15-,16+/m0/s1. The minimum Gasteiger partial charge on any atom is -0.465 e.